The van der Waals surface area contributed by atoms with Crippen molar-refractivity contribution in [1.82, 2.24) is 19.9 Å². The molecule has 9 rings (SSSR count). The summed E-state index contributed by atoms with van der Waals surface area (Å²) in [5, 5.41) is 0. The molecule has 2 N–H and O–H groups in total. The van der Waals surface area contributed by atoms with Crippen molar-refractivity contribution in [3.8, 4) is 44.5 Å². The number of aromatic amines is 2. The van der Waals surface area contributed by atoms with Gasteiger partial charge in [0.2, 0.25) is 0 Å². The number of hydrogen-bond donors (Lipinski definition) is 2. The zero-order valence-corrected chi connectivity index (χ0v) is 45.0. The molecule has 8 bridgehead atoms. The fraction of sp³-hybridized carbons (Fsp3) is 0.231. The summed E-state index contributed by atoms with van der Waals surface area (Å²) in [7, 11) is -17.6. The Balaban J connectivity index is 0.00000784. The first kappa shape index (κ1) is 56.3. The van der Waals surface area contributed by atoms with E-state index >= 15 is 0 Å². The molecule has 0 aromatic carbocycles. The number of rotatable bonds is 20. The average Bonchev–Trinajstić information content (AvgIpc) is 4.21. The van der Waals surface area contributed by atoms with Gasteiger partial charge in [0.1, 0.15) is 26.2 Å². The number of nitrogens with zero attached hydrogens (tertiary/aromatic N) is 6. The molecule has 25 heteroatoms. The summed E-state index contributed by atoms with van der Waals surface area (Å²) in [4.78, 5) is 17.9. The largest absolute Gasteiger partial charge is 0.748 e. The molecule has 77 heavy (non-hydrogen) atoms. The predicted octanol–water partition coefficient (Wildman–Crippen LogP) is 4.64. The molecule has 0 amide bonds. The van der Waals surface area contributed by atoms with E-state index in [2.05, 4.69) is 9.97 Å². The molecule has 0 fully saturated rings. The van der Waals surface area contributed by atoms with Crippen LogP contribution in [0.15, 0.2) is 122 Å². The Morgan fingerprint density at radius 2 is 0.558 bits per heavy atom. The monoisotopic (exact) mass is 1140 g/mol. The molecule has 0 aliphatic carbocycles. The van der Waals surface area contributed by atoms with E-state index in [1.54, 1.807) is 55.4 Å². The van der Waals surface area contributed by atoms with Crippen LogP contribution in [0.2, 0.25) is 0 Å². The van der Waals surface area contributed by atoms with Gasteiger partial charge in [0.15, 0.2) is 49.6 Å². The van der Waals surface area contributed by atoms with E-state index in [4.69, 9.17) is 9.97 Å². The average molecular weight is 1140 g/mol. The van der Waals surface area contributed by atoms with Gasteiger partial charge in [-0.2, -0.15) is 0 Å². The molecular formula is C52H51ClN8O12S4. The lowest BCUT2D eigenvalue weighted by molar-refractivity contribution is -0.696. The third-order valence-corrected chi connectivity index (χ3v) is 15.9. The minimum atomic E-state index is -4.39. The maximum atomic E-state index is 11.4. The molecular weight excluding hydrogens is 1090 g/mol. The summed E-state index contributed by atoms with van der Waals surface area (Å²) in [5.74, 6) is -2.01. The molecule has 9 heterocycles. The molecule has 0 unspecified atom stereocenters. The van der Waals surface area contributed by atoms with Gasteiger partial charge in [0, 0.05) is 142 Å². The van der Waals surface area contributed by atoms with E-state index in [-0.39, 0.29) is 57.7 Å². The Morgan fingerprint density at radius 1 is 0.338 bits per heavy atom. The minimum Gasteiger partial charge on any atom is -0.748 e. The molecule has 7 aromatic rings. The molecule has 0 atom stereocenters. The number of aromatic nitrogens is 8. The Hall–Kier alpha value is -6.87. The van der Waals surface area contributed by atoms with Crippen LogP contribution >= 0.6 is 12.4 Å². The van der Waals surface area contributed by atoms with E-state index in [1.165, 1.54) is 0 Å². The lowest BCUT2D eigenvalue weighted by Gasteiger charge is -2.07. The SMILES string of the molecule is Cl.O=S(=O)([O-])CCC[n+]1ccc(-c2c3nc(c(-c4cc[n+](CCCS(=O)(=O)[O-])cc4)c4ccc([nH]4)c(-c4cc[n+](CCCS(=O)(=O)[O-])cc4)c4ccc([nH]4)c(-c4cc[n+](CCCS(=O)(=O)[O-])cc4)c4nc2C=C4)C=C3)cc1. The van der Waals surface area contributed by atoms with E-state index in [0.29, 0.717) is 68.1 Å². The molecule has 402 valence electrons. The van der Waals surface area contributed by atoms with Crippen LogP contribution in [0, 0.1) is 0 Å². The van der Waals surface area contributed by atoms with Crippen molar-refractivity contribution in [3.05, 3.63) is 145 Å². The summed E-state index contributed by atoms with van der Waals surface area (Å²) in [6.07, 6.45) is 22.5. The van der Waals surface area contributed by atoms with Gasteiger partial charge in [-0.05, 0) is 70.8 Å². The highest BCUT2D eigenvalue weighted by Gasteiger charge is 2.22. The maximum absolute atomic E-state index is 11.4. The lowest BCUT2D eigenvalue weighted by atomic mass is 10.0. The van der Waals surface area contributed by atoms with Crippen LogP contribution in [0.1, 0.15) is 48.5 Å². The van der Waals surface area contributed by atoms with Gasteiger partial charge in [0.25, 0.3) is 0 Å². The minimum absolute atomic E-state index is 0. The topological polar surface area (TPSA) is 302 Å². The van der Waals surface area contributed by atoms with Crippen LogP contribution in [0.25, 0.3) is 90.9 Å². The van der Waals surface area contributed by atoms with Crippen LogP contribution in [-0.4, -0.2) is 94.8 Å². The number of nitrogens with one attached hydrogen (secondary N) is 2. The van der Waals surface area contributed by atoms with Crippen molar-refractivity contribution in [2.75, 3.05) is 23.0 Å². The summed E-state index contributed by atoms with van der Waals surface area (Å²) >= 11 is 0. The number of halogens is 1. The quantitative estimate of drug-likeness (QED) is 0.0777. The molecule has 7 aromatic heterocycles. The Morgan fingerprint density at radius 3 is 0.818 bits per heavy atom. The highest BCUT2D eigenvalue weighted by atomic mass is 35.5. The van der Waals surface area contributed by atoms with E-state index in [0.717, 1.165) is 27.8 Å². The van der Waals surface area contributed by atoms with Gasteiger partial charge in [-0.25, -0.2) is 61.9 Å². The van der Waals surface area contributed by atoms with Gasteiger partial charge in [0.05, 0.1) is 63.2 Å². The predicted molar refractivity (Wildman–Crippen MR) is 285 cm³/mol. The fourth-order valence-electron chi connectivity index (χ4n) is 9.21. The Bertz CT molecular complexity index is 3860. The standard InChI is InChI=1S/C52H50N8O12S4.ClH/c61-73(62,63)33-1-21-57-25-13-37(14-26-57)49-41-5-7-43(53-41)50(38-15-27-58(28-16-38)22-2-34-74(64,65)66)45-9-11-47(55-45)52(40-19-31-60(32-20-40)24-4-36-76(70,71)72)48-12-10-46(56-48)51(44-8-6-42(49)54-44)39-17-29-59(30-18-39)23-3-35-75(67,68)69;/h5-20,25-32H,1-4,21-24,33-36H2,(H2-3,53,54,55,56,61,62,63,64,65,66,67,68,69,70,71,72);1H. The Labute approximate surface area is 451 Å². The fourth-order valence-corrected chi connectivity index (χ4v) is 11.1. The molecule has 20 nitrogen and oxygen atoms in total. The van der Waals surface area contributed by atoms with E-state index in [1.807, 2.05) is 109 Å². The van der Waals surface area contributed by atoms with Crippen molar-refractivity contribution in [2.24, 2.45) is 0 Å². The number of H-pyrrole nitrogens is 2. The molecule has 2 aliphatic rings. The normalized spacial score (nSPS) is 12.7. The molecule has 0 radical (unpaired) electrons. The van der Waals surface area contributed by atoms with Crippen molar-refractivity contribution in [1.29, 1.82) is 0 Å². The van der Waals surface area contributed by atoms with Gasteiger partial charge < -0.3 is 28.2 Å². The highest BCUT2D eigenvalue weighted by Crippen LogP contribution is 2.38. The molecule has 2 aliphatic heterocycles. The molecule has 0 saturated carbocycles. The molecule has 0 saturated heterocycles. The van der Waals surface area contributed by atoms with Crippen molar-refractivity contribution < 1.29 is 70.2 Å². The van der Waals surface area contributed by atoms with Crippen molar-refractivity contribution in [3.63, 3.8) is 0 Å². The third kappa shape index (κ3) is 14.8. The van der Waals surface area contributed by atoms with Crippen LogP contribution in [0.3, 0.4) is 0 Å². The summed E-state index contributed by atoms with van der Waals surface area (Å²) in [6.45, 7) is 1.15. The smallest absolute Gasteiger partial charge is 0.169 e. The zero-order chi connectivity index (χ0) is 53.8. The van der Waals surface area contributed by atoms with E-state index < -0.39 is 63.5 Å². The van der Waals surface area contributed by atoms with Crippen LogP contribution < -0.4 is 18.3 Å². The third-order valence-electron chi connectivity index (χ3n) is 12.7. The maximum Gasteiger partial charge on any atom is 0.169 e. The van der Waals surface area contributed by atoms with Crippen LogP contribution in [0.4, 0.5) is 0 Å². The summed E-state index contributed by atoms with van der Waals surface area (Å²) in [5.41, 5.74) is 11.0. The van der Waals surface area contributed by atoms with Gasteiger partial charge in [-0.15, -0.1) is 12.4 Å². The second-order valence-electron chi connectivity index (χ2n) is 18.3. The lowest BCUT2D eigenvalue weighted by Crippen LogP contribution is -2.33. The first-order chi connectivity index (χ1) is 36.1. The second kappa shape index (κ2) is 23.4. The summed E-state index contributed by atoms with van der Waals surface area (Å²) < 4.78 is 143. The van der Waals surface area contributed by atoms with E-state index in [9.17, 15) is 51.9 Å². The van der Waals surface area contributed by atoms with Crippen LogP contribution in [-0.2, 0) is 66.7 Å². The van der Waals surface area contributed by atoms with Gasteiger partial charge in [-0.1, -0.05) is 0 Å². The highest BCUT2D eigenvalue weighted by molar-refractivity contribution is 7.86. The number of fused-ring (bicyclic) bond motifs is 8. The summed E-state index contributed by atoms with van der Waals surface area (Å²) in [6, 6.07) is 22.8. The van der Waals surface area contributed by atoms with Crippen molar-refractivity contribution in [2.45, 2.75) is 51.9 Å². The van der Waals surface area contributed by atoms with Crippen LogP contribution in [0.5, 0.6) is 0 Å². The van der Waals surface area contributed by atoms with Gasteiger partial charge >= 0.3 is 0 Å². The number of aryl methyl sites for hydroxylation is 4. The molecule has 0 spiro atoms. The first-order valence-corrected chi connectivity index (χ1v) is 30.3. The first-order valence-electron chi connectivity index (χ1n) is 24.0. The number of hydrogen-bond acceptors (Lipinski definition) is 14. The second-order valence-corrected chi connectivity index (χ2v) is 24.4. The zero-order valence-electron chi connectivity index (χ0n) is 41.0. The van der Waals surface area contributed by atoms with Gasteiger partial charge in [-0.3, -0.25) is 0 Å². The Kier molecular flexibility index (Phi) is 17.1. The van der Waals surface area contributed by atoms with Crippen molar-refractivity contribution >= 4 is 99.3 Å². The number of pyridine rings is 4.